The highest BCUT2D eigenvalue weighted by molar-refractivity contribution is 6.33. The second kappa shape index (κ2) is 10.7. The van der Waals surface area contributed by atoms with Gasteiger partial charge in [0.1, 0.15) is 12.4 Å². The average molecular weight is 404 g/mol. The number of para-hydroxylation sites is 2. The Hall–Kier alpha value is -2.57. The zero-order chi connectivity index (χ0) is 20.5. The predicted molar refractivity (Wildman–Crippen MR) is 112 cm³/mol. The van der Waals surface area contributed by atoms with Crippen LogP contribution in [0.5, 0.6) is 5.75 Å². The van der Waals surface area contributed by atoms with Gasteiger partial charge in [-0.05, 0) is 37.7 Å². The third kappa shape index (κ3) is 6.87. The highest BCUT2D eigenvalue weighted by atomic mass is 35.5. The van der Waals surface area contributed by atoms with E-state index in [2.05, 4.69) is 5.32 Å². The number of anilines is 1. The number of carbonyl (C=O) groups excluding carboxylic acids is 2. The van der Waals surface area contributed by atoms with Crippen molar-refractivity contribution in [2.75, 3.05) is 45.7 Å². The highest BCUT2D eigenvalue weighted by Gasteiger charge is 2.15. The van der Waals surface area contributed by atoms with Gasteiger partial charge in [-0.1, -0.05) is 41.9 Å². The molecule has 0 heterocycles. The average Bonchev–Trinajstić information content (AvgIpc) is 2.65. The van der Waals surface area contributed by atoms with Crippen LogP contribution >= 0.6 is 11.6 Å². The Labute approximate surface area is 171 Å². The Bertz CT molecular complexity index is 813. The van der Waals surface area contributed by atoms with E-state index in [1.54, 1.807) is 31.3 Å². The molecule has 0 radical (unpaired) electrons. The van der Waals surface area contributed by atoms with Crippen molar-refractivity contribution < 1.29 is 14.3 Å². The zero-order valence-electron chi connectivity index (χ0n) is 16.4. The predicted octanol–water partition coefficient (Wildman–Crippen LogP) is 3.06. The largest absolute Gasteiger partial charge is 0.492 e. The molecule has 0 aromatic heterocycles. The lowest BCUT2D eigenvalue weighted by Gasteiger charge is -2.22. The summed E-state index contributed by atoms with van der Waals surface area (Å²) in [4.78, 5) is 27.7. The van der Waals surface area contributed by atoms with E-state index in [0.29, 0.717) is 23.9 Å². The van der Waals surface area contributed by atoms with E-state index in [4.69, 9.17) is 16.3 Å². The topological polar surface area (TPSA) is 61.9 Å². The number of halogens is 1. The number of ether oxygens (including phenoxy) is 1. The van der Waals surface area contributed by atoms with Crippen molar-refractivity contribution in [3.8, 4) is 5.75 Å². The van der Waals surface area contributed by atoms with Crippen LogP contribution in [0.25, 0.3) is 0 Å². The van der Waals surface area contributed by atoms with Gasteiger partial charge >= 0.3 is 0 Å². The van der Waals surface area contributed by atoms with Crippen molar-refractivity contribution in [1.29, 1.82) is 0 Å². The van der Waals surface area contributed by atoms with Crippen LogP contribution in [-0.4, -0.2) is 62.0 Å². The third-order valence-corrected chi connectivity index (χ3v) is 4.51. The highest BCUT2D eigenvalue weighted by Crippen LogP contribution is 2.20. The fraction of sp³-hybridized carbons (Fsp3) is 0.333. The molecule has 7 heteroatoms. The number of carbonyl (C=O) groups is 2. The molecule has 150 valence electrons. The molecule has 0 saturated carbocycles. The van der Waals surface area contributed by atoms with Gasteiger partial charge in [0, 0.05) is 13.6 Å². The lowest BCUT2D eigenvalue weighted by Crippen LogP contribution is -2.41. The molecule has 1 N–H and O–H groups in total. The second-order valence-electron chi connectivity index (χ2n) is 6.63. The molecule has 2 aromatic rings. The molecular weight excluding hydrogens is 378 g/mol. The number of amides is 2. The van der Waals surface area contributed by atoms with E-state index in [1.165, 1.54) is 4.90 Å². The first-order chi connectivity index (χ1) is 13.4. The Kier molecular flexibility index (Phi) is 8.29. The summed E-state index contributed by atoms with van der Waals surface area (Å²) in [6.07, 6.45) is 0. The summed E-state index contributed by atoms with van der Waals surface area (Å²) >= 11 is 6.02. The molecule has 0 aliphatic heterocycles. The van der Waals surface area contributed by atoms with Gasteiger partial charge in [-0.2, -0.15) is 0 Å². The van der Waals surface area contributed by atoms with E-state index >= 15 is 0 Å². The van der Waals surface area contributed by atoms with Crippen LogP contribution in [-0.2, 0) is 9.59 Å². The monoisotopic (exact) mass is 403 g/mol. The second-order valence-corrected chi connectivity index (χ2v) is 7.04. The van der Waals surface area contributed by atoms with Crippen LogP contribution < -0.4 is 10.1 Å². The summed E-state index contributed by atoms with van der Waals surface area (Å²) in [5.41, 5.74) is 1.60. The standard InChI is InChI=1S/C21H26ClN3O3/c1-16-8-4-7-11-19(16)28-13-12-24(2)15-21(27)25(3)14-20(26)23-18-10-6-5-9-17(18)22/h4-11H,12-15H2,1-3H3,(H,23,26). The van der Waals surface area contributed by atoms with E-state index in [-0.39, 0.29) is 24.9 Å². The van der Waals surface area contributed by atoms with E-state index in [0.717, 1.165) is 11.3 Å². The maximum absolute atomic E-state index is 12.3. The van der Waals surface area contributed by atoms with Crippen LogP contribution in [0.3, 0.4) is 0 Å². The number of benzene rings is 2. The summed E-state index contributed by atoms with van der Waals surface area (Å²) in [6, 6.07) is 14.8. The van der Waals surface area contributed by atoms with Gasteiger partial charge in [-0.15, -0.1) is 0 Å². The minimum Gasteiger partial charge on any atom is -0.492 e. The summed E-state index contributed by atoms with van der Waals surface area (Å²) in [6.45, 7) is 3.22. The van der Waals surface area contributed by atoms with E-state index in [1.807, 2.05) is 43.1 Å². The van der Waals surface area contributed by atoms with Crippen molar-refractivity contribution in [2.24, 2.45) is 0 Å². The smallest absolute Gasteiger partial charge is 0.244 e. The van der Waals surface area contributed by atoms with Crippen LogP contribution in [0.2, 0.25) is 5.02 Å². The van der Waals surface area contributed by atoms with Crippen molar-refractivity contribution in [2.45, 2.75) is 6.92 Å². The quantitative estimate of drug-likeness (QED) is 0.699. The maximum Gasteiger partial charge on any atom is 0.244 e. The molecule has 0 aliphatic rings. The number of likely N-dealkylation sites (N-methyl/N-ethyl adjacent to an activating group) is 2. The molecule has 28 heavy (non-hydrogen) atoms. The molecular formula is C21H26ClN3O3. The van der Waals surface area contributed by atoms with E-state index < -0.39 is 0 Å². The lowest BCUT2D eigenvalue weighted by molar-refractivity contribution is -0.134. The van der Waals surface area contributed by atoms with Gasteiger partial charge in [-0.25, -0.2) is 0 Å². The van der Waals surface area contributed by atoms with E-state index in [9.17, 15) is 9.59 Å². The van der Waals surface area contributed by atoms with Gasteiger partial charge in [0.05, 0.1) is 23.8 Å². The lowest BCUT2D eigenvalue weighted by atomic mass is 10.2. The molecule has 0 saturated heterocycles. The Morgan fingerprint density at radius 3 is 2.43 bits per heavy atom. The van der Waals surface area contributed by atoms with Gasteiger partial charge in [-0.3, -0.25) is 14.5 Å². The van der Waals surface area contributed by atoms with Crippen molar-refractivity contribution >= 4 is 29.1 Å². The summed E-state index contributed by atoms with van der Waals surface area (Å²) < 4.78 is 5.75. The third-order valence-electron chi connectivity index (χ3n) is 4.18. The summed E-state index contributed by atoms with van der Waals surface area (Å²) in [5, 5.41) is 3.17. The molecule has 0 unspecified atom stereocenters. The van der Waals surface area contributed by atoms with Gasteiger partial charge < -0.3 is 15.0 Å². The number of aryl methyl sites for hydroxylation is 1. The summed E-state index contributed by atoms with van der Waals surface area (Å²) in [5.74, 6) is 0.401. The molecule has 0 atom stereocenters. The zero-order valence-corrected chi connectivity index (χ0v) is 17.2. The minimum absolute atomic E-state index is 0.0440. The van der Waals surface area contributed by atoms with Crippen molar-refractivity contribution in [3.63, 3.8) is 0 Å². The SMILES string of the molecule is Cc1ccccc1OCCN(C)CC(=O)N(C)CC(=O)Nc1ccccc1Cl. The molecule has 0 aliphatic carbocycles. The van der Waals surface area contributed by atoms with Crippen molar-refractivity contribution in [1.82, 2.24) is 9.80 Å². The number of hydrogen-bond acceptors (Lipinski definition) is 4. The van der Waals surface area contributed by atoms with Crippen LogP contribution in [0.4, 0.5) is 5.69 Å². The number of nitrogens with one attached hydrogen (secondary N) is 1. The fourth-order valence-electron chi connectivity index (χ4n) is 2.52. The number of rotatable bonds is 9. The molecule has 2 aromatic carbocycles. The normalized spacial score (nSPS) is 10.6. The van der Waals surface area contributed by atoms with Crippen LogP contribution in [0, 0.1) is 6.92 Å². The Balaban J connectivity index is 1.72. The van der Waals surface area contributed by atoms with Gasteiger partial charge in [0.15, 0.2) is 0 Å². The molecule has 2 rings (SSSR count). The van der Waals surface area contributed by atoms with Gasteiger partial charge in [0.2, 0.25) is 11.8 Å². The molecule has 0 fully saturated rings. The first kappa shape index (κ1) is 21.7. The maximum atomic E-state index is 12.3. The van der Waals surface area contributed by atoms with Gasteiger partial charge in [0.25, 0.3) is 0 Å². The molecule has 0 spiro atoms. The Morgan fingerprint density at radius 2 is 1.71 bits per heavy atom. The van der Waals surface area contributed by atoms with Crippen molar-refractivity contribution in [3.05, 3.63) is 59.1 Å². The summed E-state index contributed by atoms with van der Waals surface area (Å²) in [7, 11) is 3.45. The molecule has 2 amide bonds. The van der Waals surface area contributed by atoms with Crippen LogP contribution in [0.1, 0.15) is 5.56 Å². The molecule has 6 nitrogen and oxygen atoms in total. The Morgan fingerprint density at radius 1 is 1.04 bits per heavy atom. The number of hydrogen-bond donors (Lipinski definition) is 1. The first-order valence-electron chi connectivity index (χ1n) is 9.02. The fourth-order valence-corrected chi connectivity index (χ4v) is 2.70. The number of nitrogens with zero attached hydrogens (tertiary/aromatic N) is 2. The first-order valence-corrected chi connectivity index (χ1v) is 9.40. The minimum atomic E-state index is -0.297. The van der Waals surface area contributed by atoms with Crippen LogP contribution in [0.15, 0.2) is 48.5 Å². The molecule has 0 bridgehead atoms.